The molecule has 17 heavy (non-hydrogen) atoms. The third-order valence-corrected chi connectivity index (χ3v) is 2.71. The van der Waals surface area contributed by atoms with Gasteiger partial charge in [0.15, 0.2) is 0 Å². The Bertz CT molecular complexity index is 630. The van der Waals surface area contributed by atoms with Gasteiger partial charge in [0.2, 0.25) is 0 Å². The van der Waals surface area contributed by atoms with Gasteiger partial charge >= 0.3 is 0 Å². The standard InChI is InChI=1S/C14H9FN2/c15-12-6-3-7-13-14(12)11-5-2-1-4-10(11)8-9-16-17-13/h1-9H/b9-8-,10-8?,14-11?,16-9?,17-13?,17-16?. The second-order valence-corrected chi connectivity index (χ2v) is 3.75. The fraction of sp³-hybridized carbons (Fsp3) is 0. The zero-order chi connectivity index (χ0) is 11.7. The van der Waals surface area contributed by atoms with E-state index in [2.05, 4.69) is 10.2 Å². The molecule has 2 aromatic carbocycles. The predicted octanol–water partition coefficient (Wildman–Crippen LogP) is 4.56. The third-order valence-electron chi connectivity index (χ3n) is 2.71. The van der Waals surface area contributed by atoms with Crippen molar-refractivity contribution in [3.05, 3.63) is 60.0 Å². The topological polar surface area (TPSA) is 24.7 Å². The average Bonchev–Trinajstić information content (AvgIpc) is 2.32. The first-order chi connectivity index (χ1) is 8.36. The van der Waals surface area contributed by atoms with Crippen molar-refractivity contribution in [2.24, 2.45) is 10.2 Å². The fourth-order valence-electron chi connectivity index (χ4n) is 1.94. The molecule has 0 aromatic heterocycles. The van der Waals surface area contributed by atoms with Crippen molar-refractivity contribution in [3.8, 4) is 11.1 Å². The van der Waals surface area contributed by atoms with E-state index < -0.39 is 0 Å². The molecule has 0 amide bonds. The smallest absolute Gasteiger partial charge is 0.133 e. The Morgan fingerprint density at radius 3 is 2.76 bits per heavy atom. The van der Waals surface area contributed by atoms with Crippen LogP contribution in [-0.4, -0.2) is 0 Å². The first-order valence-corrected chi connectivity index (χ1v) is 5.31. The molecule has 3 heteroatoms. The van der Waals surface area contributed by atoms with Gasteiger partial charge in [0, 0.05) is 5.56 Å². The second kappa shape index (κ2) is 3.94. The minimum Gasteiger partial charge on any atom is -0.206 e. The quantitative estimate of drug-likeness (QED) is 0.626. The summed E-state index contributed by atoms with van der Waals surface area (Å²) < 4.78 is 13.9. The van der Waals surface area contributed by atoms with E-state index in [1.165, 1.54) is 6.07 Å². The molecule has 0 saturated heterocycles. The molecule has 0 radical (unpaired) electrons. The van der Waals surface area contributed by atoms with Gasteiger partial charge in [0.25, 0.3) is 0 Å². The lowest BCUT2D eigenvalue weighted by Gasteiger charge is -2.11. The van der Waals surface area contributed by atoms with E-state index >= 15 is 0 Å². The van der Waals surface area contributed by atoms with Crippen LogP contribution in [0.4, 0.5) is 10.1 Å². The number of hydrogen-bond donors (Lipinski definition) is 0. The zero-order valence-corrected chi connectivity index (χ0v) is 8.97. The van der Waals surface area contributed by atoms with Crippen LogP contribution in [0.2, 0.25) is 0 Å². The van der Waals surface area contributed by atoms with Crippen LogP contribution < -0.4 is 0 Å². The second-order valence-electron chi connectivity index (χ2n) is 3.75. The number of hydrogen-bond acceptors (Lipinski definition) is 2. The number of nitrogens with zero attached hydrogens (tertiary/aromatic N) is 2. The number of fused-ring (bicyclic) bond motifs is 3. The van der Waals surface area contributed by atoms with Crippen LogP contribution in [0.3, 0.4) is 0 Å². The van der Waals surface area contributed by atoms with Gasteiger partial charge in [-0.3, -0.25) is 0 Å². The Morgan fingerprint density at radius 1 is 0.941 bits per heavy atom. The maximum atomic E-state index is 13.9. The highest BCUT2D eigenvalue weighted by atomic mass is 19.1. The van der Waals surface area contributed by atoms with E-state index in [-0.39, 0.29) is 5.82 Å². The van der Waals surface area contributed by atoms with Crippen LogP contribution in [0.15, 0.2) is 58.9 Å². The molecule has 0 saturated carbocycles. The molecule has 1 heterocycles. The van der Waals surface area contributed by atoms with Gasteiger partial charge in [0.1, 0.15) is 5.82 Å². The lowest BCUT2D eigenvalue weighted by molar-refractivity contribution is 0.631. The van der Waals surface area contributed by atoms with E-state index in [4.69, 9.17) is 0 Å². The fourth-order valence-corrected chi connectivity index (χ4v) is 1.94. The molecule has 0 aliphatic carbocycles. The Labute approximate surface area is 98.1 Å². The van der Waals surface area contributed by atoms with Crippen molar-refractivity contribution >= 4 is 11.8 Å². The summed E-state index contributed by atoms with van der Waals surface area (Å²) in [5.41, 5.74) is 2.85. The van der Waals surface area contributed by atoms with Crippen LogP contribution >= 0.6 is 0 Å². The Balaban J connectivity index is 2.39. The molecule has 2 aromatic rings. The molecule has 1 aliphatic rings. The van der Waals surface area contributed by atoms with Crippen molar-refractivity contribution in [2.45, 2.75) is 0 Å². The summed E-state index contributed by atoms with van der Waals surface area (Å²) in [4.78, 5) is 0. The first kappa shape index (κ1) is 9.90. The molecule has 0 atom stereocenters. The maximum Gasteiger partial charge on any atom is 0.133 e. The minimum atomic E-state index is -0.274. The average molecular weight is 224 g/mol. The molecule has 2 nitrogen and oxygen atoms in total. The maximum absolute atomic E-state index is 13.9. The van der Waals surface area contributed by atoms with E-state index in [0.29, 0.717) is 11.3 Å². The van der Waals surface area contributed by atoms with Crippen LogP contribution in [-0.2, 0) is 0 Å². The molecular weight excluding hydrogens is 215 g/mol. The molecule has 0 spiro atoms. The molecule has 0 unspecified atom stereocenters. The zero-order valence-electron chi connectivity index (χ0n) is 8.97. The summed E-state index contributed by atoms with van der Waals surface area (Å²) in [6.07, 6.45) is 3.45. The van der Waals surface area contributed by atoms with E-state index in [9.17, 15) is 4.39 Å². The minimum absolute atomic E-state index is 0.274. The van der Waals surface area contributed by atoms with Crippen molar-refractivity contribution in [1.29, 1.82) is 0 Å². The van der Waals surface area contributed by atoms with Gasteiger partial charge < -0.3 is 0 Å². The number of halogens is 1. The summed E-state index contributed by atoms with van der Waals surface area (Å²) in [5.74, 6) is -0.274. The lowest BCUT2D eigenvalue weighted by atomic mass is 9.97. The summed E-state index contributed by atoms with van der Waals surface area (Å²) in [6.45, 7) is 0. The predicted molar refractivity (Wildman–Crippen MR) is 65.4 cm³/mol. The Hall–Kier alpha value is -2.29. The normalized spacial score (nSPS) is 14.4. The molecule has 0 fully saturated rings. The van der Waals surface area contributed by atoms with E-state index in [0.717, 1.165) is 11.1 Å². The van der Waals surface area contributed by atoms with Gasteiger partial charge in [-0.2, -0.15) is 10.2 Å². The van der Waals surface area contributed by atoms with Gasteiger partial charge in [-0.25, -0.2) is 4.39 Å². The summed E-state index contributed by atoms with van der Waals surface area (Å²) in [6, 6.07) is 12.5. The molecule has 3 rings (SSSR count). The molecule has 0 N–H and O–H groups in total. The van der Waals surface area contributed by atoms with Gasteiger partial charge in [-0.1, -0.05) is 30.3 Å². The van der Waals surface area contributed by atoms with E-state index in [1.54, 1.807) is 18.3 Å². The van der Waals surface area contributed by atoms with Crippen LogP contribution in [0.1, 0.15) is 5.56 Å². The van der Waals surface area contributed by atoms with Crippen LogP contribution in [0.5, 0.6) is 0 Å². The first-order valence-electron chi connectivity index (χ1n) is 5.31. The Morgan fingerprint density at radius 2 is 1.82 bits per heavy atom. The highest BCUT2D eigenvalue weighted by Crippen LogP contribution is 2.36. The van der Waals surface area contributed by atoms with Crippen molar-refractivity contribution < 1.29 is 4.39 Å². The summed E-state index contributed by atoms with van der Waals surface area (Å²) in [5, 5.41) is 7.89. The highest BCUT2D eigenvalue weighted by Gasteiger charge is 2.13. The summed E-state index contributed by atoms with van der Waals surface area (Å²) >= 11 is 0. The Kier molecular flexibility index (Phi) is 2.29. The SMILES string of the molecule is Fc1cccc2c1-c1ccccc1/C=C\N=N2. The molecule has 1 aliphatic heterocycles. The van der Waals surface area contributed by atoms with Crippen molar-refractivity contribution in [2.75, 3.05) is 0 Å². The van der Waals surface area contributed by atoms with Crippen LogP contribution in [0, 0.1) is 5.82 Å². The number of azo groups is 1. The van der Waals surface area contributed by atoms with Gasteiger partial charge in [-0.05, 0) is 29.3 Å². The molecule has 0 bridgehead atoms. The van der Waals surface area contributed by atoms with E-state index in [1.807, 2.05) is 30.3 Å². The van der Waals surface area contributed by atoms with Crippen molar-refractivity contribution in [3.63, 3.8) is 0 Å². The van der Waals surface area contributed by atoms with Gasteiger partial charge in [0.05, 0.1) is 11.9 Å². The lowest BCUT2D eigenvalue weighted by Crippen LogP contribution is -1.89. The van der Waals surface area contributed by atoms with Crippen LogP contribution in [0.25, 0.3) is 17.2 Å². The van der Waals surface area contributed by atoms with Crippen molar-refractivity contribution in [1.82, 2.24) is 0 Å². The third kappa shape index (κ3) is 1.65. The largest absolute Gasteiger partial charge is 0.206 e. The monoisotopic (exact) mass is 224 g/mol. The summed E-state index contributed by atoms with van der Waals surface area (Å²) in [7, 11) is 0. The number of rotatable bonds is 0. The highest BCUT2D eigenvalue weighted by molar-refractivity contribution is 5.83. The number of benzene rings is 2. The van der Waals surface area contributed by atoms with Gasteiger partial charge in [-0.15, -0.1) is 0 Å². The molecule has 82 valence electrons. The molecular formula is C14H9FN2.